The van der Waals surface area contributed by atoms with E-state index in [0.29, 0.717) is 61.5 Å². The maximum absolute atomic E-state index is 13.8. The number of ether oxygens (including phenoxy) is 2. The van der Waals surface area contributed by atoms with Gasteiger partial charge in [0.15, 0.2) is 0 Å². The maximum atomic E-state index is 13.8. The summed E-state index contributed by atoms with van der Waals surface area (Å²) in [4.78, 5) is 45.6. The number of aromatic nitrogens is 1. The van der Waals surface area contributed by atoms with E-state index in [1.54, 1.807) is 17.0 Å². The van der Waals surface area contributed by atoms with Gasteiger partial charge in [-0.15, -0.1) is 0 Å². The topological polar surface area (TPSA) is 144 Å². The van der Waals surface area contributed by atoms with Crippen LogP contribution in [0.2, 0.25) is 0 Å². The number of H-pyrrole nitrogens is 1. The van der Waals surface area contributed by atoms with Gasteiger partial charge in [-0.05, 0) is 90.4 Å². The zero-order valence-corrected chi connectivity index (χ0v) is 31.4. The molecule has 5 aromatic rings. The third kappa shape index (κ3) is 8.07. The number of aromatic amines is 1. The van der Waals surface area contributed by atoms with Crippen LogP contribution in [0.25, 0.3) is 10.9 Å². The summed E-state index contributed by atoms with van der Waals surface area (Å²) in [5.41, 5.74) is 3.80. The number of carbonyl (C=O) groups is 2. The number of aryl methyl sites for hydroxylation is 1. The van der Waals surface area contributed by atoms with Crippen molar-refractivity contribution >= 4 is 22.8 Å². The van der Waals surface area contributed by atoms with Crippen LogP contribution in [-0.2, 0) is 39.3 Å². The predicted molar refractivity (Wildman–Crippen MR) is 212 cm³/mol. The average Bonchev–Trinajstić information content (AvgIpc) is 3.21. The Morgan fingerprint density at radius 3 is 2.30 bits per heavy atom. The summed E-state index contributed by atoms with van der Waals surface area (Å²) in [6.07, 6.45) is 2.20. The number of esters is 1. The summed E-state index contributed by atoms with van der Waals surface area (Å²) in [6.45, 7) is 4.90. The van der Waals surface area contributed by atoms with Gasteiger partial charge in [-0.2, -0.15) is 0 Å². The van der Waals surface area contributed by atoms with E-state index >= 15 is 0 Å². The van der Waals surface area contributed by atoms with Crippen molar-refractivity contribution in [3.05, 3.63) is 141 Å². The van der Waals surface area contributed by atoms with E-state index in [2.05, 4.69) is 15.2 Å². The molecule has 4 N–H and O–H groups in total. The number of amides is 1. The smallest absolute Gasteiger partial charge is 0.320 e. The fourth-order valence-electron chi connectivity index (χ4n) is 8.36. The predicted octanol–water partition coefficient (Wildman–Crippen LogP) is 4.99. The van der Waals surface area contributed by atoms with Gasteiger partial charge in [0.1, 0.15) is 29.6 Å². The molecule has 2 atom stereocenters. The lowest BCUT2D eigenvalue weighted by molar-refractivity contribution is -0.175. The molecular formula is C45H48N4O7. The van der Waals surface area contributed by atoms with Crippen LogP contribution in [0.4, 0.5) is 0 Å². The molecule has 4 aliphatic rings. The Morgan fingerprint density at radius 1 is 0.875 bits per heavy atom. The molecule has 0 spiro atoms. The Labute approximate surface area is 325 Å². The minimum atomic E-state index is -0.832. The first-order valence-electron chi connectivity index (χ1n) is 19.5. The number of pyridine rings is 1. The lowest BCUT2D eigenvalue weighted by Gasteiger charge is -2.50. The molecule has 4 aliphatic heterocycles. The monoisotopic (exact) mass is 756 g/mol. The molecule has 56 heavy (non-hydrogen) atoms. The first-order valence-corrected chi connectivity index (χ1v) is 19.5. The summed E-state index contributed by atoms with van der Waals surface area (Å²) in [7, 11) is 0. The van der Waals surface area contributed by atoms with Crippen molar-refractivity contribution in [1.29, 1.82) is 0 Å². The van der Waals surface area contributed by atoms with Crippen molar-refractivity contribution < 1.29 is 29.3 Å². The molecule has 5 heterocycles. The SMILES string of the molecule is O=C(CCc1ccc(OCc2ccc(CNCC(O)c3ccc(O)c4[nH]c(=O)ccc34)cc2)cc1)N1CC(C(=O)OC2CN3CCC2CC3)(c2ccccc2)C1. The van der Waals surface area contributed by atoms with E-state index in [1.165, 1.54) is 12.1 Å². The normalized spacial score (nSPS) is 20.3. The highest BCUT2D eigenvalue weighted by molar-refractivity contribution is 5.89. The summed E-state index contributed by atoms with van der Waals surface area (Å²) in [5, 5.41) is 24.8. The van der Waals surface area contributed by atoms with E-state index in [4.69, 9.17) is 9.47 Å². The van der Waals surface area contributed by atoms with Gasteiger partial charge in [0.2, 0.25) is 11.5 Å². The minimum absolute atomic E-state index is 0.0342. The fraction of sp³-hybridized carbons (Fsp3) is 0.356. The Bertz CT molecular complexity index is 2210. The number of benzene rings is 4. The molecule has 0 saturated carbocycles. The Hall–Kier alpha value is -5.49. The largest absolute Gasteiger partial charge is 0.506 e. The zero-order chi connectivity index (χ0) is 38.6. The molecule has 11 nitrogen and oxygen atoms in total. The molecule has 4 fully saturated rings. The van der Waals surface area contributed by atoms with Crippen LogP contribution in [0.15, 0.2) is 108 Å². The number of likely N-dealkylation sites (tertiary alicyclic amines) is 1. The number of nitrogens with one attached hydrogen (secondary N) is 2. The molecular weight excluding hydrogens is 709 g/mol. The summed E-state index contributed by atoms with van der Waals surface area (Å²) in [5.74, 6) is 0.957. The Morgan fingerprint density at radius 2 is 1.59 bits per heavy atom. The molecule has 4 aromatic carbocycles. The number of aliphatic hydroxyl groups excluding tert-OH is 1. The van der Waals surface area contributed by atoms with Crippen molar-refractivity contribution in [2.24, 2.45) is 5.92 Å². The molecule has 11 heteroatoms. The third-order valence-corrected chi connectivity index (χ3v) is 11.8. The number of nitrogens with zero attached hydrogens (tertiary/aromatic N) is 2. The number of phenolic OH excluding ortho intramolecular Hbond substituents is 1. The molecule has 2 bridgehead atoms. The van der Waals surface area contributed by atoms with Crippen LogP contribution < -0.4 is 15.6 Å². The molecule has 1 aromatic heterocycles. The van der Waals surface area contributed by atoms with Crippen LogP contribution in [0.1, 0.15) is 53.2 Å². The highest BCUT2D eigenvalue weighted by Gasteiger charge is 2.54. The minimum Gasteiger partial charge on any atom is -0.506 e. The quantitative estimate of drug-likeness (QED) is 0.115. The van der Waals surface area contributed by atoms with Crippen LogP contribution in [0.3, 0.4) is 0 Å². The average molecular weight is 757 g/mol. The van der Waals surface area contributed by atoms with Gasteiger partial charge in [0, 0.05) is 50.6 Å². The number of phenols is 1. The third-order valence-electron chi connectivity index (χ3n) is 11.8. The molecule has 1 amide bonds. The van der Waals surface area contributed by atoms with Gasteiger partial charge in [0.25, 0.3) is 0 Å². The lowest BCUT2D eigenvalue weighted by Crippen LogP contribution is -2.66. The second-order valence-electron chi connectivity index (χ2n) is 15.5. The van der Waals surface area contributed by atoms with E-state index in [1.807, 2.05) is 78.9 Å². The fourth-order valence-corrected chi connectivity index (χ4v) is 8.36. The standard InChI is InChI=1S/C45H48N4O7/c50-38-17-15-36(37-16-18-41(52)47-43(37)38)39(51)25-46-24-31-6-8-32(9-7-31)27-55-35-13-10-30(11-14-35)12-19-42(53)49-28-45(29-49,34-4-2-1-3-5-34)44(54)56-40-26-48-22-20-33(40)21-23-48/h1-11,13-18,33,39-40,46,50-51H,12,19-29H2,(H,47,52). The number of aliphatic hydroxyl groups is 1. The van der Waals surface area contributed by atoms with Crippen LogP contribution in [0, 0.1) is 5.92 Å². The van der Waals surface area contributed by atoms with E-state index in [0.717, 1.165) is 60.5 Å². The Kier molecular flexibility index (Phi) is 10.9. The van der Waals surface area contributed by atoms with E-state index in [-0.39, 0.29) is 35.8 Å². The first kappa shape index (κ1) is 37.4. The van der Waals surface area contributed by atoms with E-state index < -0.39 is 11.5 Å². The molecule has 290 valence electrons. The first-order chi connectivity index (χ1) is 27.2. The van der Waals surface area contributed by atoms with Gasteiger partial charge in [-0.1, -0.05) is 72.8 Å². The summed E-state index contributed by atoms with van der Waals surface area (Å²) >= 11 is 0. The second kappa shape index (κ2) is 16.3. The number of piperidine rings is 3. The number of hydrogen-bond acceptors (Lipinski definition) is 9. The summed E-state index contributed by atoms with van der Waals surface area (Å²) in [6, 6.07) is 31.8. The van der Waals surface area contributed by atoms with Crippen molar-refractivity contribution in [1.82, 2.24) is 20.1 Å². The maximum Gasteiger partial charge on any atom is 0.320 e. The van der Waals surface area contributed by atoms with Crippen LogP contribution >= 0.6 is 0 Å². The number of fused-ring (bicyclic) bond motifs is 4. The number of hydrogen-bond donors (Lipinski definition) is 4. The Balaban J connectivity index is 0.776. The highest BCUT2D eigenvalue weighted by atomic mass is 16.5. The second-order valence-corrected chi connectivity index (χ2v) is 15.5. The van der Waals surface area contributed by atoms with Crippen molar-refractivity contribution in [3.8, 4) is 11.5 Å². The number of carbonyl (C=O) groups excluding carboxylic acids is 2. The molecule has 4 saturated heterocycles. The number of rotatable bonds is 14. The van der Waals surface area contributed by atoms with E-state index in [9.17, 15) is 24.6 Å². The zero-order valence-electron chi connectivity index (χ0n) is 31.4. The molecule has 0 aliphatic carbocycles. The molecule has 0 radical (unpaired) electrons. The van der Waals surface area contributed by atoms with Gasteiger partial charge in [-0.3, -0.25) is 19.3 Å². The molecule has 9 rings (SSSR count). The van der Waals surface area contributed by atoms with Gasteiger partial charge >= 0.3 is 5.97 Å². The van der Waals surface area contributed by atoms with Crippen LogP contribution in [0.5, 0.6) is 11.5 Å². The number of aromatic hydroxyl groups is 1. The van der Waals surface area contributed by atoms with Gasteiger partial charge in [-0.25, -0.2) is 0 Å². The van der Waals surface area contributed by atoms with Gasteiger partial charge in [0.05, 0.1) is 11.6 Å². The van der Waals surface area contributed by atoms with Crippen molar-refractivity contribution in [2.45, 2.75) is 56.5 Å². The van der Waals surface area contributed by atoms with Crippen molar-refractivity contribution in [3.63, 3.8) is 0 Å². The van der Waals surface area contributed by atoms with Crippen molar-refractivity contribution in [2.75, 3.05) is 39.3 Å². The lowest BCUT2D eigenvalue weighted by atomic mass is 9.73. The molecule has 2 unspecified atom stereocenters. The highest BCUT2D eigenvalue weighted by Crippen LogP contribution is 2.39. The van der Waals surface area contributed by atoms with Crippen LogP contribution in [-0.4, -0.2) is 82.2 Å². The summed E-state index contributed by atoms with van der Waals surface area (Å²) < 4.78 is 12.2. The van der Waals surface area contributed by atoms with Gasteiger partial charge < -0.3 is 34.9 Å².